The highest BCUT2D eigenvalue weighted by Gasteiger charge is 2.43. The molecule has 1 aromatic carbocycles. The first-order valence-electron chi connectivity index (χ1n) is 9.73. The van der Waals surface area contributed by atoms with Crippen LogP contribution in [0.15, 0.2) is 29.3 Å². The summed E-state index contributed by atoms with van der Waals surface area (Å²) >= 11 is 3.30. The molecule has 8 heteroatoms. The molecule has 2 aromatic rings. The Kier molecular flexibility index (Phi) is 5.33. The van der Waals surface area contributed by atoms with Crippen LogP contribution in [0.25, 0.3) is 15.8 Å². The molecular formula is C21H25N3O3S2. The van der Waals surface area contributed by atoms with Gasteiger partial charge in [-0.25, -0.2) is 9.78 Å². The zero-order valence-corrected chi connectivity index (χ0v) is 18.7. The van der Waals surface area contributed by atoms with Crippen molar-refractivity contribution in [1.29, 1.82) is 0 Å². The number of hydrogen-bond donors (Lipinski definition) is 1. The minimum atomic E-state index is -0.511. The number of amides is 2. The molecule has 2 aliphatic rings. The van der Waals surface area contributed by atoms with Crippen LogP contribution in [0.5, 0.6) is 0 Å². The first kappa shape index (κ1) is 20.2. The topological polar surface area (TPSA) is 71.5 Å². The van der Waals surface area contributed by atoms with Crippen LogP contribution in [-0.2, 0) is 9.53 Å². The largest absolute Gasteiger partial charge is 0.444 e. The highest BCUT2D eigenvalue weighted by atomic mass is 32.2. The summed E-state index contributed by atoms with van der Waals surface area (Å²) in [5.41, 5.74) is 1.57. The number of ether oxygens (including phenoxy) is 1. The maximum atomic E-state index is 12.5. The molecule has 2 atom stereocenters. The quantitative estimate of drug-likeness (QED) is 0.759. The summed E-state index contributed by atoms with van der Waals surface area (Å²) in [5, 5.41) is 5.02. The minimum Gasteiger partial charge on any atom is -0.444 e. The second-order valence-corrected chi connectivity index (χ2v) is 10.7. The average Bonchev–Trinajstić information content (AvgIpc) is 3.18. The first-order valence-corrected chi connectivity index (χ1v) is 11.4. The SMILES string of the molecule is CC(=O)NC1=C(c2nc3ccccc3s2)C2CCN(C(=O)OC(C)(C)C)CC2S1. The Labute approximate surface area is 178 Å². The number of aromatic nitrogens is 1. The van der Waals surface area contributed by atoms with Crippen LogP contribution in [0, 0.1) is 5.92 Å². The number of nitrogens with zero attached hydrogens (tertiary/aromatic N) is 2. The number of thioether (sulfide) groups is 1. The molecule has 3 heterocycles. The summed E-state index contributed by atoms with van der Waals surface area (Å²) in [6.45, 7) is 8.40. The zero-order chi connectivity index (χ0) is 20.8. The fourth-order valence-electron chi connectivity index (χ4n) is 3.74. The molecule has 2 amide bonds. The number of allylic oxidation sites excluding steroid dienone is 1. The van der Waals surface area contributed by atoms with E-state index in [4.69, 9.17) is 9.72 Å². The number of thiazole rings is 1. The van der Waals surface area contributed by atoms with E-state index in [-0.39, 0.29) is 23.2 Å². The minimum absolute atomic E-state index is 0.0891. The maximum absolute atomic E-state index is 12.5. The van der Waals surface area contributed by atoms with E-state index in [0.29, 0.717) is 13.1 Å². The third-order valence-corrected chi connectivity index (χ3v) is 7.32. The molecule has 0 spiro atoms. The Morgan fingerprint density at radius 2 is 2.03 bits per heavy atom. The number of piperidine rings is 1. The standard InChI is InChI=1S/C21H25N3O3S2/c1-12(25)22-18-17(19-23-14-7-5-6-8-15(14)28-19)13-9-10-24(11-16(13)29-18)20(26)27-21(2,3)4/h5-8,13,16H,9-11H2,1-4H3,(H,22,25). The Hall–Kier alpha value is -2.06. The normalized spacial score (nSPS) is 22.0. The van der Waals surface area contributed by atoms with Gasteiger partial charge in [0.25, 0.3) is 0 Å². The number of benzene rings is 1. The van der Waals surface area contributed by atoms with Crippen molar-refractivity contribution in [1.82, 2.24) is 15.2 Å². The molecule has 1 N–H and O–H groups in total. The maximum Gasteiger partial charge on any atom is 0.410 e. The second-order valence-electron chi connectivity index (χ2n) is 8.39. The lowest BCUT2D eigenvalue weighted by Gasteiger charge is -2.36. The molecule has 0 radical (unpaired) electrons. The lowest BCUT2D eigenvalue weighted by molar-refractivity contribution is -0.118. The van der Waals surface area contributed by atoms with Crippen LogP contribution >= 0.6 is 23.1 Å². The zero-order valence-electron chi connectivity index (χ0n) is 17.0. The molecular weight excluding hydrogens is 406 g/mol. The fourth-order valence-corrected chi connectivity index (χ4v) is 6.46. The van der Waals surface area contributed by atoms with E-state index < -0.39 is 5.60 Å². The molecule has 0 bridgehead atoms. The summed E-state index contributed by atoms with van der Waals surface area (Å²) in [7, 11) is 0. The molecule has 0 saturated carbocycles. The third-order valence-electron chi connectivity index (χ3n) is 4.91. The second kappa shape index (κ2) is 7.65. The van der Waals surface area contributed by atoms with Crippen molar-refractivity contribution in [2.24, 2.45) is 5.92 Å². The van der Waals surface area contributed by atoms with Crippen molar-refractivity contribution in [3.05, 3.63) is 34.3 Å². The number of carbonyl (C=O) groups is 2. The van der Waals surface area contributed by atoms with Crippen LogP contribution in [0.1, 0.15) is 39.1 Å². The lowest BCUT2D eigenvalue weighted by atomic mass is 9.89. The van der Waals surface area contributed by atoms with E-state index in [1.807, 2.05) is 39.0 Å². The van der Waals surface area contributed by atoms with Gasteiger partial charge in [0.15, 0.2) is 0 Å². The van der Waals surface area contributed by atoms with E-state index in [1.54, 1.807) is 28.0 Å². The highest BCUT2D eigenvalue weighted by Crippen LogP contribution is 2.50. The van der Waals surface area contributed by atoms with Crippen molar-refractivity contribution in [2.45, 2.75) is 45.0 Å². The van der Waals surface area contributed by atoms with Gasteiger partial charge >= 0.3 is 6.09 Å². The fraction of sp³-hybridized carbons (Fsp3) is 0.476. The van der Waals surface area contributed by atoms with Gasteiger partial charge in [-0.3, -0.25) is 4.79 Å². The number of hydrogen-bond acceptors (Lipinski definition) is 6. The molecule has 29 heavy (non-hydrogen) atoms. The van der Waals surface area contributed by atoms with Gasteiger partial charge in [0.05, 0.1) is 15.2 Å². The van der Waals surface area contributed by atoms with Gasteiger partial charge in [-0.1, -0.05) is 12.1 Å². The molecule has 2 aliphatic heterocycles. The van der Waals surface area contributed by atoms with Crippen molar-refractivity contribution < 1.29 is 14.3 Å². The highest BCUT2D eigenvalue weighted by molar-refractivity contribution is 8.04. The molecule has 6 nitrogen and oxygen atoms in total. The van der Waals surface area contributed by atoms with Gasteiger partial charge in [0.2, 0.25) is 5.91 Å². The summed E-state index contributed by atoms with van der Waals surface area (Å²) in [5.74, 6) is 0.162. The van der Waals surface area contributed by atoms with Crippen LogP contribution in [-0.4, -0.2) is 45.8 Å². The molecule has 154 valence electrons. The van der Waals surface area contributed by atoms with Crippen LogP contribution in [0.4, 0.5) is 4.79 Å². The molecule has 1 aromatic heterocycles. The average molecular weight is 432 g/mol. The van der Waals surface area contributed by atoms with Crippen molar-refractivity contribution in [2.75, 3.05) is 13.1 Å². The summed E-state index contributed by atoms with van der Waals surface area (Å²) in [6.07, 6.45) is 0.552. The molecule has 1 fully saturated rings. The Morgan fingerprint density at radius 1 is 1.28 bits per heavy atom. The van der Waals surface area contributed by atoms with Gasteiger partial charge in [0.1, 0.15) is 10.6 Å². The van der Waals surface area contributed by atoms with E-state index in [2.05, 4.69) is 11.4 Å². The third kappa shape index (κ3) is 4.28. The summed E-state index contributed by atoms with van der Waals surface area (Å²) in [6, 6.07) is 8.08. The number of rotatable bonds is 2. The van der Waals surface area contributed by atoms with Crippen LogP contribution < -0.4 is 5.32 Å². The van der Waals surface area contributed by atoms with E-state index in [1.165, 1.54) is 6.92 Å². The predicted molar refractivity (Wildman–Crippen MR) is 118 cm³/mol. The van der Waals surface area contributed by atoms with E-state index in [0.717, 1.165) is 32.2 Å². The molecule has 2 unspecified atom stereocenters. The molecule has 1 saturated heterocycles. The van der Waals surface area contributed by atoms with Gasteiger partial charge in [-0.15, -0.1) is 23.1 Å². The number of fused-ring (bicyclic) bond motifs is 2. The van der Waals surface area contributed by atoms with Crippen molar-refractivity contribution >= 4 is 50.9 Å². The number of carbonyl (C=O) groups excluding carboxylic acids is 2. The monoisotopic (exact) mass is 431 g/mol. The number of para-hydroxylation sites is 1. The smallest absolute Gasteiger partial charge is 0.410 e. The van der Waals surface area contributed by atoms with Crippen molar-refractivity contribution in [3.8, 4) is 0 Å². The lowest BCUT2D eigenvalue weighted by Crippen LogP contribution is -2.46. The number of nitrogens with one attached hydrogen (secondary N) is 1. The predicted octanol–water partition coefficient (Wildman–Crippen LogP) is 4.47. The van der Waals surface area contributed by atoms with Gasteiger partial charge in [-0.05, 0) is 39.3 Å². The molecule has 4 rings (SSSR count). The Balaban J connectivity index is 1.61. The van der Waals surface area contributed by atoms with Gasteiger partial charge in [0, 0.05) is 36.8 Å². The van der Waals surface area contributed by atoms with Crippen LogP contribution in [0.3, 0.4) is 0 Å². The Bertz CT molecular complexity index is 959. The van der Waals surface area contributed by atoms with Crippen LogP contribution in [0.2, 0.25) is 0 Å². The first-order chi connectivity index (χ1) is 13.7. The summed E-state index contributed by atoms with van der Waals surface area (Å²) in [4.78, 5) is 31.0. The van der Waals surface area contributed by atoms with Gasteiger partial charge in [-0.2, -0.15) is 0 Å². The van der Waals surface area contributed by atoms with E-state index >= 15 is 0 Å². The van der Waals surface area contributed by atoms with E-state index in [9.17, 15) is 9.59 Å². The van der Waals surface area contributed by atoms with Gasteiger partial charge < -0.3 is 15.0 Å². The molecule has 0 aliphatic carbocycles. The summed E-state index contributed by atoms with van der Waals surface area (Å²) < 4.78 is 6.69. The Morgan fingerprint density at radius 3 is 2.72 bits per heavy atom. The number of likely N-dealkylation sites (tertiary alicyclic amines) is 1. The van der Waals surface area contributed by atoms with Crippen molar-refractivity contribution in [3.63, 3.8) is 0 Å².